The van der Waals surface area contributed by atoms with Gasteiger partial charge in [-0.05, 0) is 20.8 Å². The molecule has 18 heavy (non-hydrogen) atoms. The Kier molecular flexibility index (Phi) is 7.30. The first-order chi connectivity index (χ1) is 8.32. The smallest absolute Gasteiger partial charge is 0.326 e. The van der Waals surface area contributed by atoms with Crippen molar-refractivity contribution in [2.24, 2.45) is 0 Å². The van der Waals surface area contributed by atoms with E-state index < -0.39 is 23.6 Å². The van der Waals surface area contributed by atoms with Crippen molar-refractivity contribution in [2.45, 2.75) is 38.8 Å². The molecule has 7 nitrogen and oxygen atoms in total. The number of ether oxygens (including phenoxy) is 1. The molecule has 0 fully saturated rings. The van der Waals surface area contributed by atoms with Gasteiger partial charge >= 0.3 is 12.0 Å². The van der Waals surface area contributed by atoms with Gasteiger partial charge in [-0.3, -0.25) is 0 Å². The molecular weight excluding hydrogens is 240 g/mol. The Bertz CT molecular complexity index is 281. The molecule has 106 valence electrons. The van der Waals surface area contributed by atoms with Crippen molar-refractivity contribution in [3.63, 3.8) is 0 Å². The summed E-state index contributed by atoms with van der Waals surface area (Å²) in [6.45, 7) is 5.97. The molecule has 7 heteroatoms. The average Bonchev–Trinajstić information content (AvgIpc) is 2.26. The minimum atomic E-state index is -1.18. The van der Waals surface area contributed by atoms with Gasteiger partial charge in [0.2, 0.25) is 0 Å². The molecule has 0 rings (SSSR count). The fourth-order valence-electron chi connectivity index (χ4n) is 1.33. The first-order valence-corrected chi connectivity index (χ1v) is 5.84. The molecule has 0 aliphatic rings. The lowest BCUT2D eigenvalue weighted by molar-refractivity contribution is -0.139. The van der Waals surface area contributed by atoms with Crippen molar-refractivity contribution < 1.29 is 24.5 Å². The molecule has 0 aromatic heterocycles. The van der Waals surface area contributed by atoms with E-state index in [1.54, 1.807) is 0 Å². The van der Waals surface area contributed by atoms with E-state index in [0.29, 0.717) is 6.61 Å². The summed E-state index contributed by atoms with van der Waals surface area (Å²) in [5.41, 5.74) is -0.512. The Hall–Kier alpha value is -1.34. The largest absolute Gasteiger partial charge is 0.480 e. The van der Waals surface area contributed by atoms with Crippen LogP contribution in [0.3, 0.4) is 0 Å². The molecule has 1 atom stereocenters. The number of aliphatic carboxylic acids is 1. The first kappa shape index (κ1) is 16.7. The number of aliphatic hydroxyl groups excluding tert-OH is 1. The van der Waals surface area contributed by atoms with Crippen LogP contribution in [0, 0.1) is 0 Å². The molecule has 0 saturated carbocycles. The number of hydrogen-bond acceptors (Lipinski definition) is 4. The summed E-state index contributed by atoms with van der Waals surface area (Å²) in [5.74, 6) is -1.18. The molecule has 0 bridgehead atoms. The van der Waals surface area contributed by atoms with Gasteiger partial charge in [0.1, 0.15) is 6.04 Å². The number of urea groups is 1. The third kappa shape index (κ3) is 7.08. The molecule has 1 unspecified atom stereocenters. The highest BCUT2D eigenvalue weighted by molar-refractivity contribution is 5.82. The van der Waals surface area contributed by atoms with E-state index in [-0.39, 0.29) is 19.6 Å². The second kappa shape index (κ2) is 7.88. The van der Waals surface area contributed by atoms with Gasteiger partial charge in [-0.2, -0.15) is 0 Å². The van der Waals surface area contributed by atoms with E-state index in [2.05, 4.69) is 10.6 Å². The summed E-state index contributed by atoms with van der Waals surface area (Å²) in [6, 6.07) is -1.69. The third-order valence-corrected chi connectivity index (χ3v) is 2.23. The standard InChI is InChI=1S/C11H22N2O5/c1-4-18-11(2,3)7-12-10(17)13-8(5-6-14)9(15)16/h8,14H,4-7H2,1-3H3,(H,15,16)(H2,12,13,17). The second-order valence-electron chi connectivity index (χ2n) is 4.42. The lowest BCUT2D eigenvalue weighted by Gasteiger charge is -2.25. The van der Waals surface area contributed by atoms with E-state index in [0.717, 1.165) is 0 Å². The predicted molar refractivity (Wildman–Crippen MR) is 65.4 cm³/mol. The lowest BCUT2D eigenvalue weighted by Crippen LogP contribution is -2.50. The first-order valence-electron chi connectivity index (χ1n) is 5.84. The molecule has 0 aromatic carbocycles. The second-order valence-corrected chi connectivity index (χ2v) is 4.42. The van der Waals surface area contributed by atoms with Crippen molar-refractivity contribution in [2.75, 3.05) is 19.8 Å². The normalized spacial score (nSPS) is 12.9. The molecule has 0 saturated heterocycles. The van der Waals surface area contributed by atoms with Gasteiger partial charge in [0.25, 0.3) is 0 Å². The van der Waals surface area contributed by atoms with Crippen LogP contribution >= 0.6 is 0 Å². The maximum absolute atomic E-state index is 11.5. The van der Waals surface area contributed by atoms with Crippen LogP contribution < -0.4 is 10.6 Å². The van der Waals surface area contributed by atoms with Gasteiger partial charge < -0.3 is 25.6 Å². The number of rotatable bonds is 8. The van der Waals surface area contributed by atoms with Crippen LogP contribution in [0.2, 0.25) is 0 Å². The zero-order chi connectivity index (χ0) is 14.2. The molecule has 0 aliphatic heterocycles. The van der Waals surface area contributed by atoms with Gasteiger partial charge in [0.15, 0.2) is 0 Å². The van der Waals surface area contributed by atoms with Crippen molar-refractivity contribution in [3.8, 4) is 0 Å². The van der Waals surface area contributed by atoms with Crippen LogP contribution in [0.5, 0.6) is 0 Å². The molecule has 0 spiro atoms. The van der Waals surface area contributed by atoms with Gasteiger partial charge in [0.05, 0.1) is 5.60 Å². The van der Waals surface area contributed by atoms with E-state index >= 15 is 0 Å². The van der Waals surface area contributed by atoms with Gasteiger partial charge in [0, 0.05) is 26.2 Å². The number of aliphatic hydroxyl groups is 1. The summed E-state index contributed by atoms with van der Waals surface area (Å²) in [6.07, 6.45) is -0.0302. The summed E-state index contributed by atoms with van der Waals surface area (Å²) in [5, 5.41) is 22.3. The van der Waals surface area contributed by atoms with Crippen LogP contribution in [0.25, 0.3) is 0 Å². The van der Waals surface area contributed by atoms with Crippen LogP contribution in [0.1, 0.15) is 27.2 Å². The monoisotopic (exact) mass is 262 g/mol. The van der Waals surface area contributed by atoms with Crippen LogP contribution in [-0.2, 0) is 9.53 Å². The fraction of sp³-hybridized carbons (Fsp3) is 0.818. The molecule has 4 N–H and O–H groups in total. The van der Waals surface area contributed by atoms with Crippen LogP contribution in [-0.4, -0.2) is 53.6 Å². The lowest BCUT2D eigenvalue weighted by atomic mass is 10.1. The Morgan fingerprint density at radius 3 is 2.44 bits per heavy atom. The number of carboxylic acids is 1. The summed E-state index contributed by atoms with van der Waals surface area (Å²) in [4.78, 5) is 22.2. The van der Waals surface area contributed by atoms with Gasteiger partial charge in [-0.15, -0.1) is 0 Å². The highest BCUT2D eigenvalue weighted by Gasteiger charge is 2.22. The molecule has 2 amide bonds. The van der Waals surface area contributed by atoms with Crippen molar-refractivity contribution in [1.82, 2.24) is 10.6 Å². The number of carbonyl (C=O) groups excluding carboxylic acids is 1. The van der Waals surface area contributed by atoms with E-state index in [1.165, 1.54) is 0 Å². The van der Waals surface area contributed by atoms with E-state index in [1.807, 2.05) is 20.8 Å². The maximum Gasteiger partial charge on any atom is 0.326 e. The Labute approximate surface area is 107 Å². The molecule has 0 aromatic rings. The Balaban J connectivity index is 4.13. The Morgan fingerprint density at radius 1 is 1.39 bits per heavy atom. The average molecular weight is 262 g/mol. The highest BCUT2D eigenvalue weighted by Crippen LogP contribution is 2.06. The van der Waals surface area contributed by atoms with E-state index in [4.69, 9.17) is 14.9 Å². The van der Waals surface area contributed by atoms with Crippen LogP contribution in [0.4, 0.5) is 4.79 Å². The topological polar surface area (TPSA) is 108 Å². The highest BCUT2D eigenvalue weighted by atomic mass is 16.5. The molecule has 0 radical (unpaired) electrons. The van der Waals surface area contributed by atoms with E-state index in [9.17, 15) is 9.59 Å². The van der Waals surface area contributed by atoms with Gasteiger partial charge in [-0.25, -0.2) is 9.59 Å². The number of nitrogens with one attached hydrogen (secondary N) is 2. The molecule has 0 aliphatic carbocycles. The Morgan fingerprint density at radius 2 is 2.00 bits per heavy atom. The summed E-state index contributed by atoms with van der Waals surface area (Å²) >= 11 is 0. The summed E-state index contributed by atoms with van der Waals surface area (Å²) in [7, 11) is 0. The quantitative estimate of drug-likeness (QED) is 0.490. The minimum absolute atomic E-state index is 0.0302. The number of carbonyl (C=O) groups is 2. The van der Waals surface area contributed by atoms with Crippen molar-refractivity contribution in [3.05, 3.63) is 0 Å². The minimum Gasteiger partial charge on any atom is -0.480 e. The maximum atomic E-state index is 11.5. The zero-order valence-electron chi connectivity index (χ0n) is 11.0. The van der Waals surface area contributed by atoms with Crippen LogP contribution in [0.15, 0.2) is 0 Å². The van der Waals surface area contributed by atoms with Gasteiger partial charge in [-0.1, -0.05) is 0 Å². The van der Waals surface area contributed by atoms with Crippen molar-refractivity contribution >= 4 is 12.0 Å². The SMILES string of the molecule is CCOC(C)(C)CNC(=O)NC(CCO)C(=O)O. The fourth-order valence-corrected chi connectivity index (χ4v) is 1.33. The zero-order valence-corrected chi connectivity index (χ0v) is 11.0. The molecular formula is C11H22N2O5. The third-order valence-electron chi connectivity index (χ3n) is 2.23. The number of carboxylic acid groups (broad SMARTS) is 1. The number of hydrogen-bond donors (Lipinski definition) is 4. The number of amides is 2. The predicted octanol–water partition coefficient (Wildman–Crippen LogP) is -0.0637. The molecule has 0 heterocycles. The van der Waals surface area contributed by atoms with Crippen molar-refractivity contribution in [1.29, 1.82) is 0 Å². The summed E-state index contributed by atoms with van der Waals surface area (Å²) < 4.78 is 5.38.